The number of nitrogens with one attached hydrogen (secondary N) is 1. The molecule has 1 saturated heterocycles. The summed E-state index contributed by atoms with van der Waals surface area (Å²) in [5.74, 6) is -6.07. The molecular formula is C42H79NO19. The summed E-state index contributed by atoms with van der Waals surface area (Å²) in [7, 11) is 0. The molecule has 20 nitrogen and oxygen atoms in total. The quantitative estimate of drug-likeness (QED) is 0.0240. The topological polar surface area (TPSA) is 349 Å². The number of carbonyl (C=O) groups excluding carboxylic acids is 1. The minimum Gasteiger partial charge on any atom is -0.506 e. The van der Waals surface area contributed by atoms with E-state index in [1.54, 1.807) is 0 Å². The van der Waals surface area contributed by atoms with E-state index in [4.69, 9.17) is 29.2 Å². The Morgan fingerprint density at radius 1 is 0.581 bits per heavy atom. The largest absolute Gasteiger partial charge is 0.506 e. The van der Waals surface area contributed by atoms with E-state index in [-0.39, 0.29) is 0 Å². The Hall–Kier alpha value is -2.41. The molecule has 0 spiro atoms. The first-order valence-electron chi connectivity index (χ1n) is 22.2. The van der Waals surface area contributed by atoms with Crippen LogP contribution in [0.25, 0.3) is 0 Å². The predicted molar refractivity (Wildman–Crippen MR) is 223 cm³/mol. The number of carbonyl (C=O) groups is 1. The van der Waals surface area contributed by atoms with Gasteiger partial charge in [-0.15, -0.1) is 0 Å². The van der Waals surface area contributed by atoms with Crippen molar-refractivity contribution < 1.29 is 95.2 Å². The zero-order valence-corrected chi connectivity index (χ0v) is 36.5. The summed E-state index contributed by atoms with van der Waals surface area (Å²) in [6.45, 7) is -0.511. The smallest absolute Gasteiger partial charge is 0.223 e. The van der Waals surface area contributed by atoms with Gasteiger partial charge in [0.25, 0.3) is 0 Å². The highest BCUT2D eigenvalue weighted by Crippen LogP contribution is 2.27. The van der Waals surface area contributed by atoms with Crippen molar-refractivity contribution in [3.8, 4) is 0 Å². The number of ether oxygens (including phenoxy) is 4. The van der Waals surface area contributed by atoms with Crippen LogP contribution in [-0.4, -0.2) is 178 Å². The van der Waals surface area contributed by atoms with E-state index in [0.717, 1.165) is 77.0 Å². The molecule has 0 radical (unpaired) electrons. The van der Waals surface area contributed by atoms with E-state index in [9.17, 15) is 66.1 Å². The normalized spacial score (nSPS) is 22.5. The molecule has 1 aliphatic heterocycles. The number of rotatable bonds is 36. The summed E-state index contributed by atoms with van der Waals surface area (Å²) in [5, 5.41) is 146. The van der Waals surface area contributed by atoms with Crippen molar-refractivity contribution in [2.75, 3.05) is 39.6 Å². The Morgan fingerprint density at radius 2 is 1.00 bits per heavy atom. The van der Waals surface area contributed by atoms with E-state index in [2.05, 4.69) is 19.2 Å². The maximum Gasteiger partial charge on any atom is 0.223 e. The molecule has 1 heterocycles. The fourth-order valence-electron chi connectivity index (χ4n) is 6.89. The average molecular weight is 902 g/mol. The molecule has 3 unspecified atom stereocenters. The average Bonchev–Trinajstić information content (AvgIpc) is 3.26. The lowest BCUT2D eigenvalue weighted by Crippen LogP contribution is -2.63. The molecule has 0 bridgehead atoms. The minimum absolute atomic E-state index is 0.434. The number of aliphatic hydroxyl groups is 14. The van der Waals surface area contributed by atoms with Gasteiger partial charge in [0, 0.05) is 32.0 Å². The van der Waals surface area contributed by atoms with Crippen LogP contribution in [-0.2, 0) is 23.7 Å². The first-order valence-corrected chi connectivity index (χ1v) is 22.2. The number of amides is 1. The third kappa shape index (κ3) is 20.6. The van der Waals surface area contributed by atoms with Crippen molar-refractivity contribution in [3.63, 3.8) is 0 Å². The van der Waals surface area contributed by atoms with E-state index in [1.807, 2.05) is 0 Å². The molecule has 62 heavy (non-hydrogen) atoms. The summed E-state index contributed by atoms with van der Waals surface area (Å²) in [6.07, 6.45) is -3.50. The Kier molecular flexibility index (Phi) is 30.0. The second kappa shape index (κ2) is 32.3. The molecule has 1 amide bonds. The number of hydrogen-bond acceptors (Lipinski definition) is 19. The Bertz CT molecular complexity index is 1190. The standard InChI is InChI=1S/C42H79NO19/c1-3-5-7-9-11-13-15-17-27(18-16-14-12-10-8-6-4-2)38(56)43-42(24-59-39(57)35(53)31(49)28(47)19-21-44,25-60-40(58)36(54)32(50)29(48)20-22-45)26-61-41-37(55)34(52)33(51)30(23-46)62-41/h27-30,33-34,37,39-41,44-55,57-58H,3-26H2,1-2H3,(H,43,56)/b35-31+,36-32+/t28-,29-,30?,33-,34?,37?,39+,40+,41-/m1/s1. The summed E-state index contributed by atoms with van der Waals surface area (Å²) >= 11 is 0. The van der Waals surface area contributed by atoms with Crippen LogP contribution in [0.2, 0.25) is 0 Å². The first-order chi connectivity index (χ1) is 29.5. The molecule has 9 atom stereocenters. The SMILES string of the molecule is CCCCCCCCCC(CCCCCCCCC)C(=O)NC(CO[C@@H]1OC(CO)[C@@H](O)C(O)C1O)(CO[C@H](O)/C(O)=C(\O)[C@H](O)CCO)CO[C@H](O)/C(O)=C(\O)[C@H](O)CCO. The number of hydrogen-bond donors (Lipinski definition) is 15. The van der Waals surface area contributed by atoms with Crippen LogP contribution in [0.1, 0.15) is 129 Å². The Balaban J connectivity index is 3.71. The molecule has 0 aromatic heterocycles. The summed E-state index contributed by atoms with van der Waals surface area (Å²) in [6, 6.07) is 0. The van der Waals surface area contributed by atoms with Crippen LogP contribution in [0, 0.1) is 5.92 Å². The highest BCUT2D eigenvalue weighted by molar-refractivity contribution is 5.79. The fraction of sp³-hybridized carbons (Fsp3) is 0.881. The van der Waals surface area contributed by atoms with Gasteiger partial charge in [-0.1, -0.05) is 104 Å². The van der Waals surface area contributed by atoms with Crippen molar-refractivity contribution in [2.45, 2.75) is 190 Å². The second-order valence-corrected chi connectivity index (χ2v) is 16.2. The van der Waals surface area contributed by atoms with Crippen LogP contribution < -0.4 is 5.32 Å². The second-order valence-electron chi connectivity index (χ2n) is 16.2. The number of aliphatic hydroxyl groups excluding tert-OH is 14. The fourth-order valence-corrected chi connectivity index (χ4v) is 6.89. The Morgan fingerprint density at radius 3 is 1.40 bits per heavy atom. The highest BCUT2D eigenvalue weighted by atomic mass is 16.7. The van der Waals surface area contributed by atoms with Crippen LogP contribution in [0.5, 0.6) is 0 Å². The van der Waals surface area contributed by atoms with Crippen LogP contribution in [0.15, 0.2) is 23.0 Å². The third-order valence-corrected chi connectivity index (χ3v) is 10.9. The van der Waals surface area contributed by atoms with Gasteiger partial charge in [-0.3, -0.25) is 4.79 Å². The van der Waals surface area contributed by atoms with E-state index in [1.165, 1.54) is 0 Å². The van der Waals surface area contributed by atoms with Crippen molar-refractivity contribution in [1.82, 2.24) is 5.32 Å². The molecule has 0 aromatic rings. The third-order valence-electron chi connectivity index (χ3n) is 10.9. The zero-order chi connectivity index (χ0) is 46.7. The maximum atomic E-state index is 14.5. The highest BCUT2D eigenvalue weighted by Gasteiger charge is 2.46. The van der Waals surface area contributed by atoms with Gasteiger partial charge in [0.1, 0.15) is 42.2 Å². The minimum atomic E-state index is -2.42. The Labute approximate surface area is 365 Å². The molecule has 15 N–H and O–H groups in total. The van der Waals surface area contributed by atoms with Gasteiger partial charge in [-0.05, 0) is 12.8 Å². The lowest BCUT2D eigenvalue weighted by atomic mass is 9.91. The zero-order valence-electron chi connectivity index (χ0n) is 36.5. The van der Waals surface area contributed by atoms with Crippen LogP contribution in [0.3, 0.4) is 0 Å². The van der Waals surface area contributed by atoms with Crippen molar-refractivity contribution >= 4 is 5.91 Å². The molecule has 1 fully saturated rings. The first kappa shape index (κ1) is 57.6. The monoisotopic (exact) mass is 902 g/mol. The summed E-state index contributed by atoms with van der Waals surface area (Å²) < 4.78 is 22.3. The van der Waals surface area contributed by atoms with Gasteiger partial charge >= 0.3 is 0 Å². The summed E-state index contributed by atoms with van der Waals surface area (Å²) in [4.78, 5) is 14.5. The van der Waals surface area contributed by atoms with Gasteiger partial charge in [0.05, 0.1) is 26.4 Å². The molecule has 1 aliphatic rings. The summed E-state index contributed by atoms with van der Waals surface area (Å²) in [5.41, 5.74) is -2.14. The lowest BCUT2D eigenvalue weighted by Gasteiger charge is -2.42. The van der Waals surface area contributed by atoms with Crippen LogP contribution in [0.4, 0.5) is 0 Å². The van der Waals surface area contributed by atoms with Gasteiger partial charge in [-0.25, -0.2) is 0 Å². The van der Waals surface area contributed by atoms with Gasteiger partial charge in [-0.2, -0.15) is 0 Å². The van der Waals surface area contributed by atoms with E-state index < -0.39 is 148 Å². The van der Waals surface area contributed by atoms with Crippen molar-refractivity contribution in [1.29, 1.82) is 0 Å². The van der Waals surface area contributed by atoms with E-state index >= 15 is 0 Å². The molecule has 1 rings (SSSR count). The van der Waals surface area contributed by atoms with Gasteiger partial charge in [0.15, 0.2) is 29.3 Å². The van der Waals surface area contributed by atoms with Crippen molar-refractivity contribution in [2.24, 2.45) is 5.92 Å². The predicted octanol–water partition coefficient (Wildman–Crippen LogP) is 1.37. The molecular weight excluding hydrogens is 822 g/mol. The van der Waals surface area contributed by atoms with Gasteiger partial charge < -0.3 is 95.8 Å². The molecule has 0 aromatic carbocycles. The molecule has 366 valence electrons. The maximum absolute atomic E-state index is 14.5. The molecule has 0 aliphatic carbocycles. The molecule has 20 heteroatoms. The van der Waals surface area contributed by atoms with Crippen molar-refractivity contribution in [3.05, 3.63) is 23.0 Å². The van der Waals surface area contributed by atoms with Gasteiger partial charge in [0.2, 0.25) is 18.5 Å². The van der Waals surface area contributed by atoms with E-state index in [0.29, 0.717) is 25.7 Å². The van der Waals surface area contributed by atoms with Crippen LogP contribution >= 0.6 is 0 Å². The lowest BCUT2D eigenvalue weighted by molar-refractivity contribution is -0.306. The number of unbranched alkanes of at least 4 members (excludes halogenated alkanes) is 12. The molecule has 0 saturated carbocycles.